The van der Waals surface area contributed by atoms with Gasteiger partial charge in [-0.15, -0.1) is 0 Å². The summed E-state index contributed by atoms with van der Waals surface area (Å²) in [5, 5.41) is 112. The standard InChI is InChI=1S/C30H30O20/c31-10-4-13(33)11-6-16(25(46-15(11)5-10)9-1-2-12(32)14(34)3-9)47-30-27(50-29-24(42)21(39)23(41)26(49-29)28(43)44)22(40)20(38)17(48-30)8-45-19(37)7-18(35)36/h1-6,17,20-24,26-27,29-30,38-42H,7-8H2,(H5-,31,32,33,34,35,36,43,44)/p+1/t17?,20-,21?,22?,23+,24-,26?,27?,29+,30-/m1/s1. The van der Waals surface area contributed by atoms with Crippen LogP contribution < -0.4 is 4.74 Å². The van der Waals surface area contributed by atoms with E-state index in [9.17, 15) is 65.4 Å². The third-order valence-electron chi connectivity index (χ3n) is 7.75. The second-order valence-electron chi connectivity index (χ2n) is 11.3. The Morgan fingerprint density at radius 2 is 1.48 bits per heavy atom. The number of rotatable bonds is 10. The van der Waals surface area contributed by atoms with Gasteiger partial charge < -0.3 is 79.9 Å². The first-order chi connectivity index (χ1) is 23.5. The van der Waals surface area contributed by atoms with Gasteiger partial charge in [0.15, 0.2) is 30.0 Å². The predicted molar refractivity (Wildman–Crippen MR) is 156 cm³/mol. The summed E-state index contributed by atoms with van der Waals surface area (Å²) in [6.45, 7) is -0.855. The van der Waals surface area contributed by atoms with Crippen molar-refractivity contribution in [1.29, 1.82) is 0 Å². The maximum atomic E-state index is 11.9. The summed E-state index contributed by atoms with van der Waals surface area (Å²) in [6, 6.07) is 6.61. The fraction of sp³-hybridized carbons (Fsp3) is 0.400. The molecular formula is C30H31O20+. The molecule has 10 atom stereocenters. The van der Waals surface area contributed by atoms with Crippen molar-refractivity contribution in [3.05, 3.63) is 36.4 Å². The Hall–Kier alpha value is -5.06. The second kappa shape index (κ2) is 14.4. The maximum Gasteiger partial charge on any atom is 0.402 e. The van der Waals surface area contributed by atoms with E-state index in [1.165, 1.54) is 6.07 Å². The number of ether oxygens (including phenoxy) is 5. The zero-order valence-electron chi connectivity index (χ0n) is 25.2. The molecule has 0 spiro atoms. The highest BCUT2D eigenvalue weighted by molar-refractivity contribution is 5.90. The molecule has 20 nitrogen and oxygen atoms in total. The minimum Gasteiger partial charge on any atom is -0.507 e. The van der Waals surface area contributed by atoms with Crippen LogP contribution in [0.3, 0.4) is 0 Å². The number of fused-ring (bicyclic) bond motifs is 1. The normalized spacial score (nSPS) is 29.7. The van der Waals surface area contributed by atoms with E-state index in [-0.39, 0.29) is 28.0 Å². The van der Waals surface area contributed by atoms with Gasteiger partial charge in [0.1, 0.15) is 66.5 Å². The number of aliphatic hydroxyl groups excluding tert-OH is 5. The molecule has 2 aromatic carbocycles. The number of esters is 1. The molecule has 2 fully saturated rings. The first kappa shape index (κ1) is 36.2. The van der Waals surface area contributed by atoms with E-state index in [4.69, 9.17) is 33.2 Å². The van der Waals surface area contributed by atoms with E-state index in [2.05, 4.69) is 0 Å². The number of hydrogen-bond acceptors (Lipinski definition) is 17. The van der Waals surface area contributed by atoms with Gasteiger partial charge in [-0.25, -0.2) is 9.21 Å². The first-order valence-corrected chi connectivity index (χ1v) is 14.5. The van der Waals surface area contributed by atoms with Crippen LogP contribution in [0.15, 0.2) is 40.8 Å². The highest BCUT2D eigenvalue weighted by Crippen LogP contribution is 2.42. The van der Waals surface area contributed by atoms with E-state index in [0.717, 1.165) is 30.3 Å². The summed E-state index contributed by atoms with van der Waals surface area (Å²) in [7, 11) is 0. The number of aliphatic hydroxyl groups is 5. The van der Waals surface area contributed by atoms with Gasteiger partial charge in [-0.05, 0) is 12.1 Å². The van der Waals surface area contributed by atoms with E-state index < -0.39 is 115 Å². The topological polar surface area (TPSA) is 331 Å². The summed E-state index contributed by atoms with van der Waals surface area (Å²) in [5.74, 6) is -7.26. The van der Waals surface area contributed by atoms with Gasteiger partial charge in [-0.1, -0.05) is 0 Å². The lowest BCUT2D eigenvalue weighted by Crippen LogP contribution is -2.65. The minimum absolute atomic E-state index is 0.0143. The molecule has 0 saturated carbocycles. The van der Waals surface area contributed by atoms with Crippen LogP contribution in [0.25, 0.3) is 22.3 Å². The number of phenols is 4. The Morgan fingerprint density at radius 1 is 0.760 bits per heavy atom. The van der Waals surface area contributed by atoms with Crippen molar-refractivity contribution < 1.29 is 98.7 Å². The molecule has 50 heavy (non-hydrogen) atoms. The fourth-order valence-corrected chi connectivity index (χ4v) is 5.21. The minimum atomic E-state index is -2.14. The van der Waals surface area contributed by atoms with Crippen LogP contribution in [0.1, 0.15) is 6.42 Å². The molecule has 5 rings (SSSR count). The van der Waals surface area contributed by atoms with Crippen LogP contribution in [0.5, 0.6) is 28.7 Å². The van der Waals surface area contributed by atoms with Crippen LogP contribution in [0.4, 0.5) is 0 Å². The second-order valence-corrected chi connectivity index (χ2v) is 11.3. The average Bonchev–Trinajstić information content (AvgIpc) is 3.04. The van der Waals surface area contributed by atoms with Gasteiger partial charge in [0.05, 0.1) is 11.6 Å². The van der Waals surface area contributed by atoms with Crippen molar-refractivity contribution in [2.45, 2.75) is 67.8 Å². The summed E-state index contributed by atoms with van der Waals surface area (Å²) in [4.78, 5) is 34.5. The summed E-state index contributed by atoms with van der Waals surface area (Å²) < 4.78 is 33.2. The van der Waals surface area contributed by atoms with E-state index in [0.29, 0.717) is 0 Å². The van der Waals surface area contributed by atoms with Gasteiger partial charge in [-0.3, -0.25) is 9.59 Å². The molecule has 1 aromatic heterocycles. The van der Waals surface area contributed by atoms with Crippen molar-refractivity contribution in [2.24, 2.45) is 0 Å². The monoisotopic (exact) mass is 711 g/mol. The summed E-state index contributed by atoms with van der Waals surface area (Å²) >= 11 is 0. The molecule has 2 saturated heterocycles. The molecule has 2 aliphatic rings. The summed E-state index contributed by atoms with van der Waals surface area (Å²) in [6.07, 6.45) is -21.5. The van der Waals surface area contributed by atoms with E-state index in [1.54, 1.807) is 0 Å². The maximum absolute atomic E-state index is 11.9. The molecule has 0 bridgehead atoms. The van der Waals surface area contributed by atoms with Gasteiger partial charge in [0, 0.05) is 18.2 Å². The average molecular weight is 712 g/mol. The lowest BCUT2D eigenvalue weighted by atomic mass is 9.97. The van der Waals surface area contributed by atoms with Crippen LogP contribution in [0.2, 0.25) is 0 Å². The summed E-state index contributed by atoms with van der Waals surface area (Å²) in [5.41, 5.74) is -0.111. The first-order valence-electron chi connectivity index (χ1n) is 14.5. The number of aromatic hydroxyl groups is 4. The zero-order valence-corrected chi connectivity index (χ0v) is 25.2. The molecule has 5 unspecified atom stereocenters. The molecule has 2 aliphatic heterocycles. The lowest BCUT2D eigenvalue weighted by Gasteiger charge is -2.45. The van der Waals surface area contributed by atoms with Crippen LogP contribution in [-0.2, 0) is 33.3 Å². The van der Waals surface area contributed by atoms with Crippen molar-refractivity contribution in [1.82, 2.24) is 0 Å². The van der Waals surface area contributed by atoms with Gasteiger partial charge >= 0.3 is 29.3 Å². The Labute approximate surface area is 278 Å². The molecule has 3 heterocycles. The molecule has 0 radical (unpaired) electrons. The van der Waals surface area contributed by atoms with Crippen molar-refractivity contribution in [2.75, 3.05) is 6.61 Å². The smallest absolute Gasteiger partial charge is 0.402 e. The number of carboxylic acids is 2. The molecule has 20 heteroatoms. The number of hydrogen-bond donors (Lipinski definition) is 11. The zero-order chi connectivity index (χ0) is 36.6. The van der Waals surface area contributed by atoms with E-state index >= 15 is 0 Å². The number of phenolic OH excluding ortho intramolecular Hbond substituents is 4. The third-order valence-corrected chi connectivity index (χ3v) is 7.75. The van der Waals surface area contributed by atoms with Crippen molar-refractivity contribution >= 4 is 28.9 Å². The van der Waals surface area contributed by atoms with Gasteiger partial charge in [0.2, 0.25) is 12.0 Å². The molecule has 0 aliphatic carbocycles. The predicted octanol–water partition coefficient (Wildman–Crippen LogP) is -1.68. The third kappa shape index (κ3) is 7.41. The van der Waals surface area contributed by atoms with E-state index in [1.807, 2.05) is 0 Å². The van der Waals surface area contributed by atoms with Crippen molar-refractivity contribution in [3.8, 4) is 40.1 Å². The number of carbonyl (C=O) groups is 3. The molecule has 0 amide bonds. The van der Waals surface area contributed by atoms with Crippen LogP contribution >= 0.6 is 0 Å². The van der Waals surface area contributed by atoms with Crippen LogP contribution in [0, 0.1) is 0 Å². The van der Waals surface area contributed by atoms with Crippen LogP contribution in [-0.4, -0.2) is 142 Å². The molecule has 270 valence electrons. The van der Waals surface area contributed by atoms with Crippen molar-refractivity contribution in [3.63, 3.8) is 0 Å². The largest absolute Gasteiger partial charge is 0.507 e. The van der Waals surface area contributed by atoms with Gasteiger partial charge in [-0.2, -0.15) is 0 Å². The molecule has 3 aromatic rings. The SMILES string of the molecule is O=C(O)CC(=O)OCC1O[C@@H](Oc2cc3c(O)cc(O)cc3[o+]c2-c2ccc(O)c(O)c2)C(O[C@@H]2OC(C(=O)O)[C@@H](O)C(O)[C@H]2O)C(O)[C@@H]1O. The molecule has 11 N–H and O–H groups in total. The highest BCUT2D eigenvalue weighted by Gasteiger charge is 2.53. The Morgan fingerprint density at radius 3 is 2.14 bits per heavy atom. The Bertz CT molecular complexity index is 1760. The number of carbonyl (C=O) groups excluding carboxylic acids is 1. The Kier molecular flexibility index (Phi) is 10.5. The van der Waals surface area contributed by atoms with Gasteiger partial charge in [0.25, 0.3) is 0 Å². The number of aliphatic carboxylic acids is 2. The Balaban J connectivity index is 1.57. The number of benzene rings is 2. The fourth-order valence-electron chi connectivity index (χ4n) is 5.21. The quantitative estimate of drug-likeness (QED) is 0.0484. The highest BCUT2D eigenvalue weighted by atomic mass is 16.8. The number of carboxylic acid groups (broad SMARTS) is 2. The molecular weight excluding hydrogens is 680 g/mol. The lowest BCUT2D eigenvalue weighted by molar-refractivity contribution is -0.353.